The lowest BCUT2D eigenvalue weighted by molar-refractivity contribution is -0.122. The van der Waals surface area contributed by atoms with Gasteiger partial charge in [-0.25, -0.2) is 0 Å². The number of furan rings is 1. The van der Waals surface area contributed by atoms with Crippen LogP contribution in [0.4, 0.5) is 0 Å². The molecule has 1 aromatic rings. The zero-order valence-corrected chi connectivity index (χ0v) is 16.2. The zero-order valence-electron chi connectivity index (χ0n) is 16.2. The molecule has 0 aromatic carbocycles. The molecule has 8 nitrogen and oxygen atoms in total. The van der Waals surface area contributed by atoms with Gasteiger partial charge in [0.05, 0.1) is 19.4 Å². The number of nitrogens with zero attached hydrogens (tertiary/aromatic N) is 3. The molecule has 0 atom stereocenters. The molecule has 0 aliphatic carbocycles. The van der Waals surface area contributed by atoms with Crippen molar-refractivity contribution in [2.75, 3.05) is 66.1 Å². The Hall–Kier alpha value is -2.32. The molecule has 27 heavy (non-hydrogen) atoms. The maximum absolute atomic E-state index is 11.9. The molecule has 150 valence electrons. The highest BCUT2D eigenvalue weighted by atomic mass is 16.5. The fourth-order valence-electron chi connectivity index (χ4n) is 2.83. The normalized spacial score (nSPS) is 15.6. The molecular formula is C19H31N5O3. The summed E-state index contributed by atoms with van der Waals surface area (Å²) in [6.07, 6.45) is 4.27. The Labute approximate surface area is 161 Å². The minimum Gasteiger partial charge on any atom is -0.469 e. The van der Waals surface area contributed by atoms with Crippen LogP contribution in [-0.2, 0) is 16.0 Å². The van der Waals surface area contributed by atoms with Crippen LogP contribution in [-0.4, -0.2) is 87.7 Å². The molecule has 2 rings (SSSR count). The lowest BCUT2D eigenvalue weighted by atomic mass is 10.3. The van der Waals surface area contributed by atoms with E-state index in [1.165, 1.54) is 0 Å². The number of methoxy groups -OCH3 is 1. The summed E-state index contributed by atoms with van der Waals surface area (Å²) in [6.45, 7) is 9.90. The standard InChI is InChI=1S/C19H31N5O3/c1-3-7-21-19(22-8-6-17-5-4-14-27-17)24-12-10-23(11-13-24)16-18(25)20-9-15-26-2/h3-5,14H,1,6-13,15-16H2,2H3,(H,20,25)(H,21,22). The van der Waals surface area contributed by atoms with E-state index < -0.39 is 0 Å². The first-order chi connectivity index (χ1) is 13.2. The lowest BCUT2D eigenvalue weighted by Crippen LogP contribution is -2.54. The minimum absolute atomic E-state index is 0.0395. The molecule has 0 unspecified atom stereocenters. The summed E-state index contributed by atoms with van der Waals surface area (Å²) < 4.78 is 10.3. The van der Waals surface area contributed by atoms with Gasteiger partial charge in [-0.15, -0.1) is 6.58 Å². The average molecular weight is 377 g/mol. The van der Waals surface area contributed by atoms with Crippen molar-refractivity contribution in [1.82, 2.24) is 20.4 Å². The highest BCUT2D eigenvalue weighted by molar-refractivity contribution is 5.80. The van der Waals surface area contributed by atoms with Gasteiger partial charge in [-0.05, 0) is 12.1 Å². The second-order valence-electron chi connectivity index (χ2n) is 6.31. The summed E-state index contributed by atoms with van der Waals surface area (Å²) in [5.74, 6) is 1.86. The van der Waals surface area contributed by atoms with Gasteiger partial charge < -0.3 is 24.7 Å². The largest absolute Gasteiger partial charge is 0.469 e. The predicted octanol–water partition coefficient (Wildman–Crippen LogP) is 0.334. The van der Waals surface area contributed by atoms with Crippen LogP contribution in [0.25, 0.3) is 0 Å². The molecule has 2 N–H and O–H groups in total. The van der Waals surface area contributed by atoms with E-state index in [1.54, 1.807) is 13.4 Å². The summed E-state index contributed by atoms with van der Waals surface area (Å²) in [5, 5.41) is 6.18. The number of hydrogen-bond acceptors (Lipinski definition) is 5. The molecule has 1 aromatic heterocycles. The highest BCUT2D eigenvalue weighted by Crippen LogP contribution is 2.04. The molecular weight excluding hydrogens is 346 g/mol. The number of ether oxygens (including phenoxy) is 1. The van der Waals surface area contributed by atoms with Crippen molar-refractivity contribution in [2.24, 2.45) is 4.99 Å². The van der Waals surface area contributed by atoms with Crippen molar-refractivity contribution < 1.29 is 13.9 Å². The number of carbonyl (C=O) groups is 1. The van der Waals surface area contributed by atoms with Crippen molar-refractivity contribution in [1.29, 1.82) is 0 Å². The molecule has 0 bridgehead atoms. The van der Waals surface area contributed by atoms with Gasteiger partial charge in [0.1, 0.15) is 5.76 Å². The Balaban J connectivity index is 1.78. The van der Waals surface area contributed by atoms with Crippen LogP contribution >= 0.6 is 0 Å². The van der Waals surface area contributed by atoms with Gasteiger partial charge in [0.25, 0.3) is 0 Å². The Kier molecular flexibility index (Phi) is 9.43. The maximum atomic E-state index is 11.9. The summed E-state index contributed by atoms with van der Waals surface area (Å²) in [4.78, 5) is 21.0. The number of rotatable bonds is 10. The number of piperazine rings is 1. The van der Waals surface area contributed by atoms with E-state index in [0.29, 0.717) is 32.8 Å². The molecule has 0 spiro atoms. The van der Waals surface area contributed by atoms with Crippen molar-refractivity contribution >= 4 is 11.9 Å². The number of amides is 1. The van der Waals surface area contributed by atoms with Gasteiger partial charge in [-0.2, -0.15) is 0 Å². The van der Waals surface area contributed by atoms with Gasteiger partial charge in [0, 0.05) is 59.3 Å². The summed E-state index contributed by atoms with van der Waals surface area (Å²) in [7, 11) is 1.62. The first-order valence-corrected chi connectivity index (χ1v) is 9.37. The SMILES string of the molecule is C=CCNC(=NCCc1ccco1)N1CCN(CC(=O)NCCOC)CC1. The Morgan fingerprint density at radius 3 is 2.85 bits per heavy atom. The summed E-state index contributed by atoms with van der Waals surface area (Å²) in [6, 6.07) is 3.85. The maximum Gasteiger partial charge on any atom is 0.234 e. The number of hydrogen-bond donors (Lipinski definition) is 2. The van der Waals surface area contributed by atoms with Crippen molar-refractivity contribution in [3.63, 3.8) is 0 Å². The molecule has 1 aliphatic rings. The second kappa shape index (κ2) is 12.1. The van der Waals surface area contributed by atoms with Gasteiger partial charge in [-0.1, -0.05) is 6.08 Å². The zero-order chi connectivity index (χ0) is 19.3. The molecule has 2 heterocycles. The summed E-state index contributed by atoms with van der Waals surface area (Å²) in [5.41, 5.74) is 0. The second-order valence-corrected chi connectivity index (χ2v) is 6.31. The first kappa shape index (κ1) is 21.0. The monoisotopic (exact) mass is 377 g/mol. The summed E-state index contributed by atoms with van der Waals surface area (Å²) >= 11 is 0. The van der Waals surface area contributed by atoms with Crippen LogP contribution in [0.15, 0.2) is 40.5 Å². The third-order valence-corrected chi connectivity index (χ3v) is 4.27. The van der Waals surface area contributed by atoms with Gasteiger partial charge >= 0.3 is 0 Å². The lowest BCUT2D eigenvalue weighted by Gasteiger charge is -2.36. The van der Waals surface area contributed by atoms with Crippen LogP contribution in [0.3, 0.4) is 0 Å². The Bertz CT molecular complexity index is 580. The Morgan fingerprint density at radius 1 is 1.37 bits per heavy atom. The number of aliphatic imine (C=N–C) groups is 1. The fourth-order valence-corrected chi connectivity index (χ4v) is 2.83. The van der Waals surface area contributed by atoms with Gasteiger partial charge in [-0.3, -0.25) is 14.7 Å². The molecule has 8 heteroatoms. The molecule has 0 saturated carbocycles. The smallest absolute Gasteiger partial charge is 0.234 e. The number of nitrogens with one attached hydrogen (secondary N) is 2. The van der Waals surface area contributed by atoms with E-state index in [2.05, 4.69) is 27.0 Å². The van der Waals surface area contributed by atoms with Crippen molar-refractivity contribution in [3.8, 4) is 0 Å². The highest BCUT2D eigenvalue weighted by Gasteiger charge is 2.21. The van der Waals surface area contributed by atoms with Crippen LogP contribution in [0.5, 0.6) is 0 Å². The number of carbonyl (C=O) groups excluding carboxylic acids is 1. The van der Waals surface area contributed by atoms with E-state index >= 15 is 0 Å². The first-order valence-electron chi connectivity index (χ1n) is 9.37. The van der Waals surface area contributed by atoms with E-state index in [4.69, 9.17) is 14.1 Å². The third-order valence-electron chi connectivity index (χ3n) is 4.27. The van der Waals surface area contributed by atoms with E-state index in [0.717, 1.165) is 44.3 Å². The topological polar surface area (TPSA) is 82.3 Å². The molecule has 0 radical (unpaired) electrons. The number of guanidine groups is 1. The van der Waals surface area contributed by atoms with E-state index in [1.807, 2.05) is 18.2 Å². The van der Waals surface area contributed by atoms with Crippen molar-refractivity contribution in [3.05, 3.63) is 36.8 Å². The predicted molar refractivity (Wildman–Crippen MR) is 106 cm³/mol. The van der Waals surface area contributed by atoms with Gasteiger partial charge in [0.15, 0.2) is 5.96 Å². The van der Waals surface area contributed by atoms with Crippen LogP contribution < -0.4 is 10.6 Å². The van der Waals surface area contributed by atoms with E-state index in [9.17, 15) is 4.79 Å². The van der Waals surface area contributed by atoms with Crippen LogP contribution in [0.1, 0.15) is 5.76 Å². The molecule has 1 amide bonds. The molecule has 1 fully saturated rings. The Morgan fingerprint density at radius 2 is 2.19 bits per heavy atom. The van der Waals surface area contributed by atoms with Gasteiger partial charge in [0.2, 0.25) is 5.91 Å². The fraction of sp³-hybridized carbons (Fsp3) is 0.579. The quantitative estimate of drug-likeness (QED) is 0.265. The van der Waals surface area contributed by atoms with E-state index in [-0.39, 0.29) is 5.91 Å². The molecule has 1 saturated heterocycles. The van der Waals surface area contributed by atoms with Crippen molar-refractivity contribution in [2.45, 2.75) is 6.42 Å². The van der Waals surface area contributed by atoms with Crippen LogP contribution in [0, 0.1) is 0 Å². The minimum atomic E-state index is 0.0395. The van der Waals surface area contributed by atoms with Crippen LogP contribution in [0.2, 0.25) is 0 Å². The average Bonchev–Trinajstić information content (AvgIpc) is 3.19. The molecule has 1 aliphatic heterocycles. The third kappa shape index (κ3) is 7.84.